The molecule has 0 atom stereocenters. The van der Waals surface area contributed by atoms with Gasteiger partial charge < -0.3 is 11.1 Å². The third kappa shape index (κ3) is 3.22. The Hall–Kier alpha value is -2.35. The maximum Gasteiger partial charge on any atom is 0.416 e. The molecular weight excluding hydrogens is 285 g/mol. The number of amides is 1. The molecule has 21 heavy (non-hydrogen) atoms. The highest BCUT2D eigenvalue weighted by Gasteiger charge is 2.33. The van der Waals surface area contributed by atoms with Gasteiger partial charge in [0, 0.05) is 12.7 Å². The first-order valence-electron chi connectivity index (χ1n) is 6.03. The van der Waals surface area contributed by atoms with Crippen LogP contribution in [0.25, 0.3) is 5.69 Å². The van der Waals surface area contributed by atoms with Crippen molar-refractivity contribution >= 4 is 5.91 Å². The van der Waals surface area contributed by atoms with Crippen molar-refractivity contribution in [2.75, 3.05) is 7.05 Å². The lowest BCUT2D eigenvalue weighted by Gasteiger charge is -2.14. The number of benzene rings is 1. The second-order valence-electron chi connectivity index (χ2n) is 4.38. The Kier molecular flexibility index (Phi) is 3.99. The molecule has 0 unspecified atom stereocenters. The van der Waals surface area contributed by atoms with Gasteiger partial charge in [0.05, 0.1) is 11.3 Å². The normalized spacial score (nSPS) is 11.6. The van der Waals surface area contributed by atoms with E-state index >= 15 is 0 Å². The van der Waals surface area contributed by atoms with Gasteiger partial charge in [0.1, 0.15) is 5.69 Å². The number of nitrogens with one attached hydrogen (secondary N) is 1. The SMILES string of the molecule is CNCc1ccc(-n2ccc(C(N)=O)n2)cc1C(F)(F)F. The summed E-state index contributed by atoms with van der Waals surface area (Å²) in [6.07, 6.45) is -3.09. The highest BCUT2D eigenvalue weighted by atomic mass is 19.4. The van der Waals surface area contributed by atoms with Gasteiger partial charge in [-0.25, -0.2) is 4.68 Å². The maximum atomic E-state index is 13.1. The number of alkyl halides is 3. The predicted octanol–water partition coefficient (Wildman–Crippen LogP) is 1.71. The summed E-state index contributed by atoms with van der Waals surface area (Å²) in [6.45, 7) is 0.0980. The molecule has 0 fully saturated rings. The lowest BCUT2D eigenvalue weighted by molar-refractivity contribution is -0.138. The molecule has 0 aliphatic heterocycles. The Balaban J connectivity index is 2.47. The molecule has 0 saturated heterocycles. The topological polar surface area (TPSA) is 72.9 Å². The minimum absolute atomic E-state index is 0.0112. The number of hydrogen-bond donors (Lipinski definition) is 2. The Morgan fingerprint density at radius 1 is 1.38 bits per heavy atom. The zero-order valence-corrected chi connectivity index (χ0v) is 11.1. The summed E-state index contributed by atoms with van der Waals surface area (Å²) in [4.78, 5) is 11.0. The molecule has 2 rings (SSSR count). The van der Waals surface area contributed by atoms with Gasteiger partial charge in [-0.05, 0) is 30.8 Å². The van der Waals surface area contributed by atoms with Gasteiger partial charge in [-0.2, -0.15) is 18.3 Å². The summed E-state index contributed by atoms with van der Waals surface area (Å²) in [6, 6.07) is 5.21. The van der Waals surface area contributed by atoms with E-state index in [0.717, 1.165) is 6.07 Å². The molecule has 2 aromatic rings. The monoisotopic (exact) mass is 298 g/mol. The van der Waals surface area contributed by atoms with Gasteiger partial charge in [-0.15, -0.1) is 0 Å². The van der Waals surface area contributed by atoms with Crippen LogP contribution in [0.15, 0.2) is 30.5 Å². The molecule has 5 nitrogen and oxygen atoms in total. The number of hydrogen-bond acceptors (Lipinski definition) is 3. The maximum absolute atomic E-state index is 13.1. The highest BCUT2D eigenvalue weighted by molar-refractivity contribution is 5.90. The van der Waals surface area contributed by atoms with Crippen LogP contribution in [0.5, 0.6) is 0 Å². The van der Waals surface area contributed by atoms with Crippen LogP contribution in [-0.4, -0.2) is 22.7 Å². The zero-order chi connectivity index (χ0) is 15.6. The second kappa shape index (κ2) is 5.57. The number of rotatable bonds is 4. The van der Waals surface area contributed by atoms with Crippen molar-refractivity contribution in [2.45, 2.75) is 12.7 Å². The van der Waals surface area contributed by atoms with Gasteiger partial charge in [0.2, 0.25) is 0 Å². The summed E-state index contributed by atoms with van der Waals surface area (Å²) >= 11 is 0. The van der Waals surface area contributed by atoms with E-state index in [2.05, 4.69) is 10.4 Å². The standard InChI is InChI=1S/C13H13F3N4O/c1-18-7-8-2-3-9(6-10(8)13(14,15)16)20-5-4-11(19-20)12(17)21/h2-6,18H,7H2,1H3,(H2,17,21). The molecule has 0 aliphatic rings. The molecule has 0 radical (unpaired) electrons. The van der Waals surface area contributed by atoms with Crippen LogP contribution in [0.1, 0.15) is 21.6 Å². The Labute approximate surface area is 118 Å². The van der Waals surface area contributed by atoms with Crippen LogP contribution in [0.3, 0.4) is 0 Å². The van der Waals surface area contributed by atoms with Gasteiger partial charge in [0.25, 0.3) is 5.91 Å². The van der Waals surface area contributed by atoms with E-state index in [1.165, 1.54) is 29.1 Å². The van der Waals surface area contributed by atoms with E-state index in [0.29, 0.717) is 0 Å². The third-order valence-electron chi connectivity index (χ3n) is 2.87. The van der Waals surface area contributed by atoms with Crippen molar-refractivity contribution in [1.29, 1.82) is 0 Å². The van der Waals surface area contributed by atoms with Gasteiger partial charge in [-0.3, -0.25) is 4.79 Å². The molecule has 0 aliphatic carbocycles. The largest absolute Gasteiger partial charge is 0.416 e. The molecule has 112 valence electrons. The van der Waals surface area contributed by atoms with Crippen molar-refractivity contribution in [2.24, 2.45) is 5.73 Å². The lowest BCUT2D eigenvalue weighted by Crippen LogP contribution is -2.15. The summed E-state index contributed by atoms with van der Waals surface area (Å²) in [7, 11) is 1.57. The number of carbonyl (C=O) groups excluding carboxylic acids is 1. The van der Waals surface area contributed by atoms with Gasteiger partial charge >= 0.3 is 6.18 Å². The number of primary amides is 1. The van der Waals surface area contributed by atoms with Crippen LogP contribution >= 0.6 is 0 Å². The van der Waals surface area contributed by atoms with Crippen LogP contribution in [-0.2, 0) is 12.7 Å². The average molecular weight is 298 g/mol. The van der Waals surface area contributed by atoms with Crippen molar-refractivity contribution in [3.63, 3.8) is 0 Å². The number of aromatic nitrogens is 2. The van der Waals surface area contributed by atoms with Gasteiger partial charge in [0.15, 0.2) is 0 Å². The molecular formula is C13H13F3N4O. The zero-order valence-electron chi connectivity index (χ0n) is 11.1. The van der Waals surface area contributed by atoms with E-state index in [-0.39, 0.29) is 23.5 Å². The molecule has 1 aromatic heterocycles. The van der Waals surface area contributed by atoms with Crippen LogP contribution in [0.4, 0.5) is 13.2 Å². The number of carbonyl (C=O) groups is 1. The van der Waals surface area contributed by atoms with E-state index in [9.17, 15) is 18.0 Å². The van der Waals surface area contributed by atoms with Crippen molar-refractivity contribution < 1.29 is 18.0 Å². The summed E-state index contributed by atoms with van der Waals surface area (Å²) in [5.74, 6) is -0.739. The summed E-state index contributed by atoms with van der Waals surface area (Å²) in [5.41, 5.74) is 4.65. The van der Waals surface area contributed by atoms with Crippen LogP contribution < -0.4 is 11.1 Å². The average Bonchev–Trinajstić information content (AvgIpc) is 2.88. The summed E-state index contributed by atoms with van der Waals surface area (Å²) < 4.78 is 40.4. The minimum Gasteiger partial charge on any atom is -0.364 e. The van der Waals surface area contributed by atoms with Crippen LogP contribution in [0.2, 0.25) is 0 Å². The number of nitrogens with zero attached hydrogens (tertiary/aromatic N) is 2. The smallest absolute Gasteiger partial charge is 0.364 e. The molecule has 0 bridgehead atoms. The lowest BCUT2D eigenvalue weighted by atomic mass is 10.1. The van der Waals surface area contributed by atoms with E-state index < -0.39 is 17.6 Å². The molecule has 0 saturated carbocycles. The Morgan fingerprint density at radius 2 is 2.10 bits per heavy atom. The number of halogens is 3. The van der Waals surface area contributed by atoms with E-state index in [1.807, 2.05) is 0 Å². The first-order valence-corrected chi connectivity index (χ1v) is 6.03. The Morgan fingerprint density at radius 3 is 2.62 bits per heavy atom. The summed E-state index contributed by atoms with van der Waals surface area (Å²) in [5, 5.41) is 6.53. The Bertz CT molecular complexity index is 664. The minimum atomic E-state index is -4.47. The van der Waals surface area contributed by atoms with E-state index in [4.69, 9.17) is 5.73 Å². The van der Waals surface area contributed by atoms with Gasteiger partial charge in [-0.1, -0.05) is 6.07 Å². The molecule has 0 spiro atoms. The fraction of sp³-hybridized carbons (Fsp3) is 0.231. The molecule has 1 aromatic carbocycles. The molecule has 8 heteroatoms. The fourth-order valence-corrected chi connectivity index (χ4v) is 1.91. The van der Waals surface area contributed by atoms with E-state index in [1.54, 1.807) is 7.05 Å². The van der Waals surface area contributed by atoms with Crippen molar-refractivity contribution in [3.05, 3.63) is 47.3 Å². The second-order valence-corrected chi connectivity index (χ2v) is 4.38. The highest BCUT2D eigenvalue weighted by Crippen LogP contribution is 2.33. The first kappa shape index (κ1) is 15.0. The van der Waals surface area contributed by atoms with Crippen molar-refractivity contribution in [1.82, 2.24) is 15.1 Å². The molecule has 1 heterocycles. The van der Waals surface area contributed by atoms with Crippen LogP contribution in [0, 0.1) is 0 Å². The predicted molar refractivity (Wildman–Crippen MR) is 69.8 cm³/mol. The molecule has 1 amide bonds. The third-order valence-corrected chi connectivity index (χ3v) is 2.87. The quantitative estimate of drug-likeness (QED) is 0.902. The fourth-order valence-electron chi connectivity index (χ4n) is 1.91. The first-order chi connectivity index (χ1) is 9.82. The van der Waals surface area contributed by atoms with Crippen molar-refractivity contribution in [3.8, 4) is 5.69 Å². The molecule has 3 N–H and O–H groups in total. The number of nitrogens with two attached hydrogens (primary N) is 1.